The Morgan fingerprint density at radius 2 is 2.10 bits per heavy atom. The third-order valence-electron chi connectivity index (χ3n) is 3.88. The average molecular weight is 322 g/mol. The molecule has 1 aromatic carbocycles. The van der Waals surface area contributed by atoms with Crippen molar-refractivity contribution in [2.75, 3.05) is 17.2 Å². The molecule has 3 rings (SSSR count). The highest BCUT2D eigenvalue weighted by atomic mass is 32.2. The average Bonchev–Trinajstić information content (AvgIpc) is 2.81. The number of anilines is 1. The van der Waals surface area contributed by atoms with Gasteiger partial charge in [0.25, 0.3) is 5.91 Å². The monoisotopic (exact) mass is 322 g/mol. The molecule has 1 fully saturated rings. The smallest absolute Gasteiger partial charge is 0.263 e. The number of carbonyl (C=O) groups excluding carboxylic acids is 1. The summed E-state index contributed by atoms with van der Waals surface area (Å²) in [7, 11) is -0.713. The molecule has 1 aliphatic rings. The van der Waals surface area contributed by atoms with Gasteiger partial charge in [-0.3, -0.25) is 9.00 Å². The standard InChI is InChI=1S/C15H18N2O2S2/c1-9-3-2-4-11-12(16)14(20-13(9)11)15(18)17-10-5-7-21(19)8-6-10/h2-4,10H,5-8,16H2,1H3,(H,17,18). The Labute approximate surface area is 130 Å². The normalized spacial score (nSPS) is 22.3. The van der Waals surface area contributed by atoms with Crippen molar-refractivity contribution in [3.05, 3.63) is 28.6 Å². The van der Waals surface area contributed by atoms with Crippen LogP contribution in [0.25, 0.3) is 10.1 Å². The second-order valence-electron chi connectivity index (χ2n) is 5.39. The minimum Gasteiger partial charge on any atom is -0.397 e. The second-order valence-corrected chi connectivity index (χ2v) is 8.11. The Morgan fingerprint density at radius 1 is 1.38 bits per heavy atom. The molecule has 112 valence electrons. The summed E-state index contributed by atoms with van der Waals surface area (Å²) < 4.78 is 12.4. The van der Waals surface area contributed by atoms with Gasteiger partial charge in [0.05, 0.1) is 5.69 Å². The lowest BCUT2D eigenvalue weighted by Crippen LogP contribution is -2.39. The topological polar surface area (TPSA) is 72.2 Å². The van der Waals surface area contributed by atoms with Crippen molar-refractivity contribution in [1.29, 1.82) is 0 Å². The number of fused-ring (bicyclic) bond motifs is 1. The van der Waals surface area contributed by atoms with Crippen molar-refractivity contribution < 1.29 is 9.00 Å². The van der Waals surface area contributed by atoms with Gasteiger partial charge < -0.3 is 11.1 Å². The molecular weight excluding hydrogens is 304 g/mol. The number of nitrogen functional groups attached to an aromatic ring is 1. The summed E-state index contributed by atoms with van der Waals surface area (Å²) in [5.41, 5.74) is 7.84. The van der Waals surface area contributed by atoms with E-state index in [4.69, 9.17) is 5.73 Å². The van der Waals surface area contributed by atoms with E-state index in [9.17, 15) is 9.00 Å². The van der Waals surface area contributed by atoms with E-state index in [1.54, 1.807) is 0 Å². The molecule has 4 nitrogen and oxygen atoms in total. The highest BCUT2D eigenvalue weighted by molar-refractivity contribution is 7.85. The van der Waals surface area contributed by atoms with Crippen LogP contribution in [0, 0.1) is 6.92 Å². The Morgan fingerprint density at radius 3 is 2.76 bits per heavy atom. The second kappa shape index (κ2) is 5.77. The third-order valence-corrected chi connectivity index (χ3v) is 6.62. The molecule has 0 radical (unpaired) electrons. The van der Waals surface area contributed by atoms with Crippen molar-refractivity contribution in [3.63, 3.8) is 0 Å². The van der Waals surface area contributed by atoms with Crippen LogP contribution in [0.2, 0.25) is 0 Å². The van der Waals surface area contributed by atoms with E-state index in [1.807, 2.05) is 25.1 Å². The van der Waals surface area contributed by atoms with Gasteiger partial charge in [-0.2, -0.15) is 0 Å². The van der Waals surface area contributed by atoms with Gasteiger partial charge >= 0.3 is 0 Å². The molecule has 2 aromatic rings. The van der Waals surface area contributed by atoms with E-state index in [0.29, 0.717) is 22.1 Å². The van der Waals surface area contributed by atoms with E-state index in [1.165, 1.54) is 11.3 Å². The van der Waals surface area contributed by atoms with Gasteiger partial charge in [-0.05, 0) is 25.3 Å². The molecule has 0 unspecified atom stereocenters. The first-order valence-corrected chi connectivity index (χ1v) is 9.30. The zero-order valence-electron chi connectivity index (χ0n) is 11.8. The number of nitrogens with one attached hydrogen (secondary N) is 1. The van der Waals surface area contributed by atoms with Crippen LogP contribution >= 0.6 is 11.3 Å². The van der Waals surface area contributed by atoms with E-state index in [-0.39, 0.29) is 11.9 Å². The van der Waals surface area contributed by atoms with E-state index >= 15 is 0 Å². The van der Waals surface area contributed by atoms with Crippen molar-refractivity contribution >= 4 is 43.8 Å². The quantitative estimate of drug-likeness (QED) is 0.892. The molecule has 0 aliphatic carbocycles. The SMILES string of the molecule is Cc1cccc2c(N)c(C(=O)NC3CCS(=O)CC3)sc12. The Kier molecular flexibility index (Phi) is 3.99. The van der Waals surface area contributed by atoms with Crippen LogP contribution in [0.3, 0.4) is 0 Å². The summed E-state index contributed by atoms with van der Waals surface area (Å²) in [6.45, 7) is 2.02. The first-order valence-electron chi connectivity index (χ1n) is 6.99. The van der Waals surface area contributed by atoms with Crippen LogP contribution in [-0.2, 0) is 10.8 Å². The lowest BCUT2D eigenvalue weighted by atomic mass is 10.1. The van der Waals surface area contributed by atoms with E-state index < -0.39 is 10.8 Å². The molecular formula is C15H18N2O2S2. The molecule has 0 atom stereocenters. The van der Waals surface area contributed by atoms with Gasteiger partial charge in [-0.25, -0.2) is 0 Å². The maximum absolute atomic E-state index is 12.4. The van der Waals surface area contributed by atoms with Crippen molar-refractivity contribution in [3.8, 4) is 0 Å². The lowest BCUT2D eigenvalue weighted by Gasteiger charge is -2.22. The largest absolute Gasteiger partial charge is 0.397 e. The maximum atomic E-state index is 12.4. The highest BCUT2D eigenvalue weighted by Crippen LogP contribution is 2.35. The fraction of sp³-hybridized carbons (Fsp3) is 0.400. The summed E-state index contributed by atoms with van der Waals surface area (Å²) in [4.78, 5) is 13.0. The van der Waals surface area contributed by atoms with Gasteiger partial charge in [0, 0.05) is 38.4 Å². The molecule has 1 aliphatic heterocycles. The number of benzene rings is 1. The number of thiophene rings is 1. The first kappa shape index (κ1) is 14.5. The number of carbonyl (C=O) groups is 1. The summed E-state index contributed by atoms with van der Waals surface area (Å²) >= 11 is 1.45. The third kappa shape index (κ3) is 2.82. The molecule has 1 saturated heterocycles. The van der Waals surface area contributed by atoms with Crippen LogP contribution in [0.5, 0.6) is 0 Å². The van der Waals surface area contributed by atoms with Gasteiger partial charge in [0.2, 0.25) is 0 Å². The van der Waals surface area contributed by atoms with Crippen molar-refractivity contribution in [1.82, 2.24) is 5.32 Å². The summed E-state index contributed by atoms with van der Waals surface area (Å²) in [5.74, 6) is 1.24. The van der Waals surface area contributed by atoms with Crippen LogP contribution in [-0.4, -0.2) is 27.7 Å². The Bertz CT molecular complexity index is 714. The van der Waals surface area contributed by atoms with Gasteiger partial charge in [-0.1, -0.05) is 18.2 Å². The fourth-order valence-corrected chi connectivity index (χ4v) is 5.03. The fourth-order valence-electron chi connectivity index (χ4n) is 2.64. The Balaban J connectivity index is 1.83. The summed E-state index contributed by atoms with van der Waals surface area (Å²) in [6.07, 6.45) is 1.56. The summed E-state index contributed by atoms with van der Waals surface area (Å²) in [6, 6.07) is 6.05. The van der Waals surface area contributed by atoms with Crippen LogP contribution in [0.4, 0.5) is 5.69 Å². The molecule has 2 heterocycles. The van der Waals surface area contributed by atoms with Gasteiger partial charge in [0.15, 0.2) is 0 Å². The first-order chi connectivity index (χ1) is 10.1. The Hall–Kier alpha value is -1.40. The number of hydrogen-bond donors (Lipinski definition) is 2. The number of amides is 1. The van der Waals surface area contributed by atoms with Crippen molar-refractivity contribution in [2.45, 2.75) is 25.8 Å². The maximum Gasteiger partial charge on any atom is 0.263 e. The zero-order valence-corrected chi connectivity index (χ0v) is 13.5. The predicted octanol–water partition coefficient (Wildman–Crippen LogP) is 2.43. The predicted molar refractivity (Wildman–Crippen MR) is 89.3 cm³/mol. The minimum atomic E-state index is -0.713. The zero-order chi connectivity index (χ0) is 15.0. The van der Waals surface area contributed by atoms with Crippen LogP contribution in [0.1, 0.15) is 28.1 Å². The van der Waals surface area contributed by atoms with Gasteiger partial charge in [0.1, 0.15) is 4.88 Å². The molecule has 3 N–H and O–H groups in total. The molecule has 21 heavy (non-hydrogen) atoms. The number of rotatable bonds is 2. The number of aryl methyl sites for hydroxylation is 1. The molecule has 6 heteroatoms. The number of hydrogen-bond acceptors (Lipinski definition) is 4. The van der Waals surface area contributed by atoms with Crippen LogP contribution in [0.15, 0.2) is 18.2 Å². The molecule has 0 saturated carbocycles. The minimum absolute atomic E-state index is 0.106. The summed E-state index contributed by atoms with van der Waals surface area (Å²) in [5, 5.41) is 3.99. The van der Waals surface area contributed by atoms with E-state index in [0.717, 1.165) is 28.5 Å². The highest BCUT2D eigenvalue weighted by Gasteiger charge is 2.23. The number of nitrogens with two attached hydrogens (primary N) is 1. The molecule has 1 aromatic heterocycles. The molecule has 1 amide bonds. The lowest BCUT2D eigenvalue weighted by molar-refractivity contribution is 0.0939. The van der Waals surface area contributed by atoms with E-state index in [2.05, 4.69) is 5.32 Å². The van der Waals surface area contributed by atoms with Crippen molar-refractivity contribution in [2.24, 2.45) is 0 Å². The molecule has 0 spiro atoms. The molecule has 0 bridgehead atoms. The van der Waals surface area contributed by atoms with Crippen LogP contribution < -0.4 is 11.1 Å². The van der Waals surface area contributed by atoms with Gasteiger partial charge in [-0.15, -0.1) is 11.3 Å².